The fourth-order valence-electron chi connectivity index (χ4n) is 2.75. The molecule has 0 radical (unpaired) electrons. The maximum Gasteiger partial charge on any atom is 0.327 e. The molecule has 0 bridgehead atoms. The first-order valence-corrected chi connectivity index (χ1v) is 9.69. The minimum Gasteiger partial charge on any atom is -0.478 e. The lowest BCUT2D eigenvalue weighted by Crippen LogP contribution is -2.47. The van der Waals surface area contributed by atoms with Crippen molar-refractivity contribution in [3.8, 4) is 0 Å². The van der Waals surface area contributed by atoms with Crippen LogP contribution in [0.25, 0.3) is 0 Å². The van der Waals surface area contributed by atoms with Crippen molar-refractivity contribution in [3.63, 3.8) is 0 Å². The van der Waals surface area contributed by atoms with Gasteiger partial charge in [-0.3, -0.25) is 9.80 Å². The van der Waals surface area contributed by atoms with Crippen LogP contribution in [0, 0.1) is 0 Å². The zero-order valence-corrected chi connectivity index (χ0v) is 15.9. The molecule has 0 aliphatic carbocycles. The van der Waals surface area contributed by atoms with E-state index in [0.29, 0.717) is 0 Å². The Morgan fingerprint density at radius 3 is 1.80 bits per heavy atom. The molecule has 6 heteroatoms. The smallest absolute Gasteiger partial charge is 0.327 e. The van der Waals surface area contributed by atoms with E-state index in [2.05, 4.69) is 16.7 Å². The molecule has 25 heavy (non-hydrogen) atoms. The Morgan fingerprint density at radius 2 is 1.36 bits per heavy atom. The van der Waals surface area contributed by atoms with Crippen molar-refractivity contribution in [2.75, 3.05) is 52.5 Å². The van der Waals surface area contributed by atoms with Crippen molar-refractivity contribution in [2.24, 2.45) is 0 Å². The van der Waals surface area contributed by atoms with Crippen molar-refractivity contribution >= 4 is 5.97 Å². The monoisotopic (exact) mass is 358 g/mol. The van der Waals surface area contributed by atoms with Gasteiger partial charge in [0.25, 0.3) is 0 Å². The lowest BCUT2D eigenvalue weighted by atomic mass is 10.1. The number of unbranched alkanes of at least 4 members (excludes halogenated alkanes) is 6. The Morgan fingerprint density at radius 1 is 0.880 bits per heavy atom. The van der Waals surface area contributed by atoms with Gasteiger partial charge in [-0.15, -0.1) is 0 Å². The number of aliphatic hydroxyl groups excluding tert-OH is 2. The summed E-state index contributed by atoms with van der Waals surface area (Å²) in [4.78, 5) is 14.6. The van der Waals surface area contributed by atoms with Crippen LogP contribution in [0.5, 0.6) is 0 Å². The van der Waals surface area contributed by atoms with Crippen LogP contribution >= 0.6 is 0 Å². The predicted molar refractivity (Wildman–Crippen MR) is 102 cm³/mol. The van der Waals surface area contributed by atoms with Crippen molar-refractivity contribution in [1.29, 1.82) is 0 Å². The average molecular weight is 359 g/mol. The number of carbonyl (C=O) groups is 1. The molecule has 1 fully saturated rings. The first-order valence-electron chi connectivity index (χ1n) is 9.69. The number of piperazine rings is 1. The van der Waals surface area contributed by atoms with Crippen molar-refractivity contribution < 1.29 is 20.1 Å². The van der Waals surface area contributed by atoms with Gasteiger partial charge in [0.2, 0.25) is 0 Å². The Balaban J connectivity index is 0.000000462. The SMILES string of the molecule is CCCCCCCCC=CC(=O)O.OCCN1CCN(CCO)CC1. The van der Waals surface area contributed by atoms with Gasteiger partial charge in [-0.1, -0.05) is 45.1 Å². The molecule has 6 nitrogen and oxygen atoms in total. The Kier molecular flexibility index (Phi) is 17.2. The summed E-state index contributed by atoms with van der Waals surface area (Å²) in [7, 11) is 0. The van der Waals surface area contributed by atoms with E-state index in [-0.39, 0.29) is 13.2 Å². The minimum absolute atomic E-state index is 0.250. The summed E-state index contributed by atoms with van der Waals surface area (Å²) in [5, 5.41) is 25.7. The number of aliphatic hydroxyl groups is 2. The number of aliphatic carboxylic acids is 1. The molecular formula is C19H38N2O4. The molecule has 1 saturated heterocycles. The van der Waals surface area contributed by atoms with Crippen molar-refractivity contribution in [1.82, 2.24) is 9.80 Å². The van der Waals surface area contributed by atoms with Gasteiger partial charge in [0, 0.05) is 45.3 Å². The summed E-state index contributed by atoms with van der Waals surface area (Å²) in [6.45, 7) is 8.33. The zero-order chi connectivity index (χ0) is 18.8. The molecule has 0 atom stereocenters. The zero-order valence-electron chi connectivity index (χ0n) is 15.9. The molecule has 0 amide bonds. The molecule has 3 N–H and O–H groups in total. The van der Waals surface area contributed by atoms with E-state index in [4.69, 9.17) is 15.3 Å². The van der Waals surface area contributed by atoms with Crippen LogP contribution in [0.1, 0.15) is 51.9 Å². The third kappa shape index (κ3) is 16.3. The highest BCUT2D eigenvalue weighted by Crippen LogP contribution is 2.06. The summed E-state index contributed by atoms with van der Waals surface area (Å²) in [6, 6.07) is 0. The molecule has 0 unspecified atom stereocenters. The van der Waals surface area contributed by atoms with Crippen LogP contribution < -0.4 is 0 Å². The second kappa shape index (κ2) is 17.9. The first kappa shape index (κ1) is 24.1. The fraction of sp³-hybridized carbons (Fsp3) is 0.842. The van der Waals surface area contributed by atoms with Crippen LogP contribution in [0.4, 0.5) is 0 Å². The molecule has 0 aromatic carbocycles. The number of hydrogen-bond acceptors (Lipinski definition) is 5. The van der Waals surface area contributed by atoms with E-state index < -0.39 is 5.97 Å². The molecule has 1 heterocycles. The average Bonchev–Trinajstić information content (AvgIpc) is 2.60. The summed E-state index contributed by atoms with van der Waals surface area (Å²) in [5.74, 6) is -0.842. The number of carboxylic acid groups (broad SMARTS) is 1. The largest absolute Gasteiger partial charge is 0.478 e. The second-order valence-corrected chi connectivity index (χ2v) is 6.43. The molecule has 0 aromatic rings. The van der Waals surface area contributed by atoms with Gasteiger partial charge in [-0.2, -0.15) is 0 Å². The lowest BCUT2D eigenvalue weighted by molar-refractivity contribution is -0.131. The van der Waals surface area contributed by atoms with Crippen molar-refractivity contribution in [2.45, 2.75) is 51.9 Å². The van der Waals surface area contributed by atoms with E-state index >= 15 is 0 Å². The maximum absolute atomic E-state index is 10.1. The molecular weight excluding hydrogens is 320 g/mol. The number of β-amino-alcohol motifs (C(OH)–C–C–N with tert-alkyl or cyclic N) is 2. The summed E-state index contributed by atoms with van der Waals surface area (Å²) < 4.78 is 0. The van der Waals surface area contributed by atoms with Crippen LogP contribution in [-0.4, -0.2) is 83.6 Å². The molecule has 0 saturated carbocycles. The standard InChI is InChI=1S/C11H20O2.C8H18N2O2/c1-2-3-4-5-6-7-8-9-10-11(12)13;11-7-5-9-1-2-10(4-3-9)6-8-12/h9-10H,2-8H2,1H3,(H,12,13);11-12H,1-8H2. The van der Waals surface area contributed by atoms with Crippen LogP contribution in [0.3, 0.4) is 0 Å². The lowest BCUT2D eigenvalue weighted by Gasteiger charge is -2.33. The van der Waals surface area contributed by atoms with Crippen molar-refractivity contribution in [3.05, 3.63) is 12.2 Å². The predicted octanol–water partition coefficient (Wildman–Crippen LogP) is 1.97. The Hall–Kier alpha value is -0.950. The third-order valence-corrected chi connectivity index (χ3v) is 4.28. The quantitative estimate of drug-likeness (QED) is 0.365. The van der Waals surface area contributed by atoms with Gasteiger partial charge in [0.15, 0.2) is 0 Å². The topological polar surface area (TPSA) is 84.2 Å². The molecule has 1 rings (SSSR count). The van der Waals surface area contributed by atoms with Gasteiger partial charge in [-0.05, 0) is 12.8 Å². The number of hydrogen-bond donors (Lipinski definition) is 3. The molecule has 148 valence electrons. The molecule has 0 spiro atoms. The van der Waals surface area contributed by atoms with Gasteiger partial charge in [0.1, 0.15) is 0 Å². The minimum atomic E-state index is -0.842. The van der Waals surface area contributed by atoms with Gasteiger partial charge < -0.3 is 15.3 Å². The number of nitrogens with zero attached hydrogens (tertiary/aromatic N) is 2. The molecule has 0 aromatic heterocycles. The normalized spacial score (nSPS) is 16.0. The Labute approximate surface area is 153 Å². The Bertz CT molecular complexity index is 315. The number of carboxylic acids is 1. The van der Waals surface area contributed by atoms with Gasteiger partial charge in [0.05, 0.1) is 13.2 Å². The number of allylic oxidation sites excluding steroid dienone is 1. The summed E-state index contributed by atoms with van der Waals surface area (Å²) in [5.41, 5.74) is 0. The fourth-order valence-corrected chi connectivity index (χ4v) is 2.75. The van der Waals surface area contributed by atoms with Crippen LogP contribution in [-0.2, 0) is 4.79 Å². The second-order valence-electron chi connectivity index (χ2n) is 6.43. The van der Waals surface area contributed by atoms with Crippen LogP contribution in [0.15, 0.2) is 12.2 Å². The van der Waals surface area contributed by atoms with E-state index in [1.54, 1.807) is 6.08 Å². The molecule has 1 aliphatic heterocycles. The molecule has 1 aliphatic rings. The van der Waals surface area contributed by atoms with E-state index in [9.17, 15) is 4.79 Å². The van der Waals surface area contributed by atoms with E-state index in [1.165, 1.54) is 38.2 Å². The summed E-state index contributed by atoms with van der Waals surface area (Å²) in [6.07, 6.45) is 11.4. The first-order chi connectivity index (χ1) is 12.1. The van der Waals surface area contributed by atoms with Crippen LogP contribution in [0.2, 0.25) is 0 Å². The van der Waals surface area contributed by atoms with E-state index in [0.717, 1.165) is 52.1 Å². The third-order valence-electron chi connectivity index (χ3n) is 4.28. The highest BCUT2D eigenvalue weighted by molar-refractivity contribution is 5.79. The highest BCUT2D eigenvalue weighted by Gasteiger charge is 2.14. The van der Waals surface area contributed by atoms with Gasteiger partial charge >= 0.3 is 5.97 Å². The highest BCUT2D eigenvalue weighted by atomic mass is 16.4. The van der Waals surface area contributed by atoms with Gasteiger partial charge in [-0.25, -0.2) is 4.79 Å². The van der Waals surface area contributed by atoms with E-state index in [1.807, 2.05) is 0 Å². The number of rotatable bonds is 12. The maximum atomic E-state index is 10.1. The summed E-state index contributed by atoms with van der Waals surface area (Å²) >= 11 is 0.